The van der Waals surface area contributed by atoms with Gasteiger partial charge >= 0.3 is 0 Å². The van der Waals surface area contributed by atoms with E-state index >= 15 is 0 Å². The van der Waals surface area contributed by atoms with Crippen molar-refractivity contribution in [2.24, 2.45) is 12.1 Å². The summed E-state index contributed by atoms with van der Waals surface area (Å²) in [6.07, 6.45) is 6.72. The van der Waals surface area contributed by atoms with E-state index in [9.17, 15) is 19.7 Å². The third-order valence-electron chi connectivity index (χ3n) is 5.78. The number of hydrogen-bond donors (Lipinski definition) is 1. The molecule has 1 saturated heterocycles. The fourth-order valence-corrected chi connectivity index (χ4v) is 4.03. The number of allylic oxidation sites excluding steroid dienone is 2. The van der Waals surface area contributed by atoms with Crippen LogP contribution in [0.5, 0.6) is 0 Å². The second-order valence-corrected chi connectivity index (χ2v) is 8.06. The van der Waals surface area contributed by atoms with E-state index < -0.39 is 10.8 Å². The summed E-state index contributed by atoms with van der Waals surface area (Å²) >= 11 is 0. The number of rotatable bonds is 6. The summed E-state index contributed by atoms with van der Waals surface area (Å²) in [5, 5.41) is 15.1. The maximum Gasteiger partial charge on any atom is 0.272 e. The van der Waals surface area contributed by atoms with Gasteiger partial charge in [-0.2, -0.15) is 5.10 Å². The number of nitrogens with one attached hydrogen (secondary N) is 1. The number of carbonyl (C=O) groups is 1. The van der Waals surface area contributed by atoms with Crippen LogP contribution in [0.1, 0.15) is 28.8 Å². The van der Waals surface area contributed by atoms with Crippen LogP contribution in [0.25, 0.3) is 6.08 Å². The number of hydrazone groups is 1. The molecule has 0 saturated carbocycles. The van der Waals surface area contributed by atoms with Gasteiger partial charge in [0.25, 0.3) is 11.6 Å². The van der Waals surface area contributed by atoms with Crippen LogP contribution in [0, 0.1) is 10.1 Å². The van der Waals surface area contributed by atoms with Crippen molar-refractivity contribution >= 4 is 23.9 Å². The molecule has 10 nitrogen and oxygen atoms in total. The number of benzene rings is 1. The molecule has 1 amide bonds. The van der Waals surface area contributed by atoms with Gasteiger partial charge in [0.1, 0.15) is 0 Å². The summed E-state index contributed by atoms with van der Waals surface area (Å²) in [5.41, 5.74) is 6.78. The predicted octanol–water partition coefficient (Wildman–Crippen LogP) is 2.47. The molecule has 1 N–H and O–H groups in total. The molecule has 176 valence electrons. The van der Waals surface area contributed by atoms with E-state index in [1.165, 1.54) is 35.0 Å². The van der Waals surface area contributed by atoms with Crippen molar-refractivity contribution in [3.05, 3.63) is 91.0 Å². The van der Waals surface area contributed by atoms with E-state index in [1.54, 1.807) is 25.4 Å². The number of hydrogen-bond acceptors (Lipinski definition) is 7. The van der Waals surface area contributed by atoms with Crippen molar-refractivity contribution in [1.29, 1.82) is 0 Å². The molecular weight excluding hydrogens is 438 g/mol. The number of pyridine rings is 1. The second-order valence-electron chi connectivity index (χ2n) is 8.06. The van der Waals surface area contributed by atoms with Gasteiger partial charge in [0, 0.05) is 50.2 Å². The minimum absolute atomic E-state index is 0.0552. The van der Waals surface area contributed by atoms with Crippen LogP contribution in [0.4, 0.5) is 5.69 Å². The van der Waals surface area contributed by atoms with Crippen molar-refractivity contribution in [2.75, 3.05) is 26.3 Å². The first kappa shape index (κ1) is 23.1. The summed E-state index contributed by atoms with van der Waals surface area (Å²) in [5.74, 6) is -0.403. The number of aryl methyl sites for hydroxylation is 1. The van der Waals surface area contributed by atoms with Crippen molar-refractivity contribution < 1.29 is 14.5 Å². The van der Waals surface area contributed by atoms with Crippen molar-refractivity contribution in [3.63, 3.8) is 0 Å². The van der Waals surface area contributed by atoms with E-state index in [0.29, 0.717) is 18.8 Å². The molecule has 1 fully saturated rings. The van der Waals surface area contributed by atoms with Crippen LogP contribution >= 0.6 is 0 Å². The Kier molecular flexibility index (Phi) is 6.98. The molecule has 2 heterocycles. The lowest BCUT2D eigenvalue weighted by molar-refractivity contribution is -0.384. The number of non-ortho nitro benzene ring substituents is 1. The normalized spacial score (nSPS) is 17.6. The SMILES string of the molecule is Cn1cc(C(=O)NN=CC2=C(N3CCOCC3)/C(=C/c3ccc([N+](=O)[O-])cc3)CC2)ccc1=O. The fourth-order valence-electron chi connectivity index (χ4n) is 4.03. The Labute approximate surface area is 196 Å². The number of nitro benzene ring substituents is 1. The Bertz CT molecular complexity index is 1240. The summed E-state index contributed by atoms with van der Waals surface area (Å²) in [7, 11) is 1.58. The highest BCUT2D eigenvalue weighted by Crippen LogP contribution is 2.35. The largest absolute Gasteiger partial charge is 0.378 e. The second kappa shape index (κ2) is 10.3. The summed E-state index contributed by atoms with van der Waals surface area (Å²) in [4.78, 5) is 36.7. The molecule has 2 aromatic rings. The van der Waals surface area contributed by atoms with E-state index in [4.69, 9.17) is 4.74 Å². The topological polar surface area (TPSA) is 119 Å². The number of nitro groups is 1. The zero-order valence-electron chi connectivity index (χ0n) is 18.8. The Hall–Kier alpha value is -4.05. The van der Waals surface area contributed by atoms with Crippen molar-refractivity contribution in [2.45, 2.75) is 12.8 Å². The number of amides is 1. The molecule has 0 unspecified atom stereocenters. The number of ether oxygens (including phenoxy) is 1. The van der Waals surface area contributed by atoms with Gasteiger partial charge in [-0.25, -0.2) is 5.43 Å². The van der Waals surface area contributed by atoms with Crippen LogP contribution < -0.4 is 11.0 Å². The average Bonchev–Trinajstić information content (AvgIpc) is 3.23. The van der Waals surface area contributed by atoms with Gasteiger partial charge in [-0.15, -0.1) is 0 Å². The van der Waals surface area contributed by atoms with Gasteiger partial charge in [0.15, 0.2) is 0 Å². The first-order valence-corrected chi connectivity index (χ1v) is 10.9. The molecule has 1 aromatic carbocycles. The number of nitrogens with zero attached hydrogens (tertiary/aromatic N) is 4. The highest BCUT2D eigenvalue weighted by atomic mass is 16.6. The van der Waals surface area contributed by atoms with E-state index in [-0.39, 0.29) is 11.2 Å². The maximum absolute atomic E-state index is 12.4. The molecule has 0 spiro atoms. The summed E-state index contributed by atoms with van der Waals surface area (Å²) in [6, 6.07) is 9.27. The van der Waals surface area contributed by atoms with Crippen LogP contribution in [-0.4, -0.2) is 52.8 Å². The Morgan fingerprint density at radius 3 is 2.56 bits per heavy atom. The molecule has 1 aromatic heterocycles. The van der Waals surface area contributed by atoms with Crippen LogP contribution in [0.15, 0.2) is 69.3 Å². The van der Waals surface area contributed by atoms with E-state index in [2.05, 4.69) is 15.4 Å². The van der Waals surface area contributed by atoms with Gasteiger partial charge in [-0.3, -0.25) is 19.7 Å². The van der Waals surface area contributed by atoms with Crippen molar-refractivity contribution in [1.82, 2.24) is 14.9 Å². The number of carbonyl (C=O) groups excluding carboxylic acids is 1. The third-order valence-corrected chi connectivity index (χ3v) is 5.78. The molecule has 2 aliphatic rings. The molecule has 0 radical (unpaired) electrons. The summed E-state index contributed by atoms with van der Waals surface area (Å²) in [6.45, 7) is 2.74. The molecule has 4 rings (SSSR count). The Balaban J connectivity index is 1.57. The molecule has 0 bridgehead atoms. The van der Waals surface area contributed by atoms with Crippen LogP contribution in [-0.2, 0) is 11.8 Å². The van der Waals surface area contributed by atoms with Crippen LogP contribution in [0.3, 0.4) is 0 Å². The first-order valence-electron chi connectivity index (χ1n) is 10.9. The van der Waals surface area contributed by atoms with Crippen molar-refractivity contribution in [3.8, 4) is 0 Å². The van der Waals surface area contributed by atoms with Gasteiger partial charge < -0.3 is 14.2 Å². The Morgan fingerprint density at radius 1 is 1.15 bits per heavy atom. The first-order chi connectivity index (χ1) is 16.4. The summed E-state index contributed by atoms with van der Waals surface area (Å²) < 4.78 is 6.84. The average molecular weight is 463 g/mol. The monoisotopic (exact) mass is 463 g/mol. The van der Waals surface area contributed by atoms with Gasteiger partial charge in [0.2, 0.25) is 5.56 Å². The molecule has 1 aliphatic carbocycles. The highest BCUT2D eigenvalue weighted by Gasteiger charge is 2.25. The Morgan fingerprint density at radius 2 is 1.88 bits per heavy atom. The lowest BCUT2D eigenvalue weighted by Gasteiger charge is -2.31. The van der Waals surface area contributed by atoms with Crippen LogP contribution in [0.2, 0.25) is 0 Å². The van der Waals surface area contributed by atoms with Gasteiger partial charge in [0.05, 0.1) is 29.9 Å². The zero-order chi connectivity index (χ0) is 24.1. The highest BCUT2D eigenvalue weighted by molar-refractivity contribution is 5.94. The van der Waals surface area contributed by atoms with Gasteiger partial charge in [-0.05, 0) is 53.8 Å². The number of aromatic nitrogens is 1. The predicted molar refractivity (Wildman–Crippen MR) is 127 cm³/mol. The fraction of sp³-hybridized carbons (Fsp3) is 0.292. The van der Waals surface area contributed by atoms with E-state index in [1.807, 2.05) is 6.08 Å². The molecular formula is C24H25N5O5. The molecule has 0 atom stereocenters. The minimum atomic E-state index is -0.413. The lowest BCUT2D eigenvalue weighted by atomic mass is 10.1. The van der Waals surface area contributed by atoms with E-state index in [0.717, 1.165) is 48.3 Å². The smallest absolute Gasteiger partial charge is 0.272 e. The third kappa shape index (κ3) is 5.29. The maximum atomic E-state index is 12.4. The minimum Gasteiger partial charge on any atom is -0.378 e. The standard InChI is InChI=1S/C24H25N5O5/c1-27-16-20(6-9-22(27)30)24(31)26-25-15-19-5-4-18(23(19)28-10-12-34-13-11-28)14-17-2-7-21(8-3-17)29(32)33/h2-3,6-9,14-16H,4-5,10-13H2,1H3,(H,26,31)/b18-14+,25-15?. The van der Waals surface area contributed by atoms with Gasteiger partial charge in [-0.1, -0.05) is 0 Å². The zero-order valence-corrected chi connectivity index (χ0v) is 18.8. The quantitative estimate of drug-likeness (QED) is 0.399. The lowest BCUT2D eigenvalue weighted by Crippen LogP contribution is -2.36. The molecule has 1 aliphatic heterocycles. The molecule has 34 heavy (non-hydrogen) atoms. The molecule has 10 heteroatoms. The number of morpholine rings is 1.